The summed E-state index contributed by atoms with van der Waals surface area (Å²) >= 11 is 5.82. The van der Waals surface area contributed by atoms with Crippen LogP contribution in [-0.2, 0) is 9.84 Å². The molecule has 1 saturated carbocycles. The van der Waals surface area contributed by atoms with E-state index in [1.165, 1.54) is 12.1 Å². The second kappa shape index (κ2) is 5.12. The molecule has 120 valence electrons. The molecule has 0 radical (unpaired) electrons. The molecular weight excluding hydrogens is 338 g/mol. The lowest BCUT2D eigenvalue weighted by Crippen LogP contribution is -2.15. The van der Waals surface area contributed by atoms with E-state index in [1.807, 2.05) is 12.1 Å². The van der Waals surface area contributed by atoms with Crippen molar-refractivity contribution in [1.29, 1.82) is 0 Å². The zero-order chi connectivity index (χ0) is 16.2. The molecule has 1 aliphatic carbocycles. The van der Waals surface area contributed by atoms with E-state index in [0.717, 1.165) is 5.56 Å². The van der Waals surface area contributed by atoms with Gasteiger partial charge in [0.25, 0.3) is 0 Å². The smallest absolute Gasteiger partial charge is 0.231 e. The van der Waals surface area contributed by atoms with Gasteiger partial charge in [0.1, 0.15) is 0 Å². The lowest BCUT2D eigenvalue weighted by molar-refractivity contribution is 0.174. The van der Waals surface area contributed by atoms with Gasteiger partial charge in [-0.3, -0.25) is 0 Å². The predicted octanol–water partition coefficient (Wildman–Crippen LogP) is 2.34. The van der Waals surface area contributed by atoms with Crippen LogP contribution in [0.2, 0.25) is 5.02 Å². The molecule has 0 saturated heterocycles. The lowest BCUT2D eigenvalue weighted by atomic mass is 10.1. The fraction of sp³-hybridized carbons (Fsp3) is 0.250. The summed E-state index contributed by atoms with van der Waals surface area (Å²) in [5, 5.41) is -0.139. The maximum absolute atomic E-state index is 12.8. The van der Waals surface area contributed by atoms with E-state index in [-0.39, 0.29) is 17.6 Å². The first-order chi connectivity index (χ1) is 11.0. The van der Waals surface area contributed by atoms with Gasteiger partial charge in [0.15, 0.2) is 21.3 Å². The molecule has 1 heterocycles. The van der Waals surface area contributed by atoms with Crippen molar-refractivity contribution in [1.82, 2.24) is 0 Å². The zero-order valence-corrected chi connectivity index (χ0v) is 13.5. The van der Waals surface area contributed by atoms with Crippen LogP contribution in [-0.4, -0.2) is 26.5 Å². The van der Waals surface area contributed by atoms with Gasteiger partial charge in [0.2, 0.25) is 6.79 Å². The highest BCUT2D eigenvalue weighted by molar-refractivity contribution is 7.92. The van der Waals surface area contributed by atoms with Crippen molar-refractivity contribution >= 4 is 21.4 Å². The molecule has 2 N–H and O–H groups in total. The minimum Gasteiger partial charge on any atom is -0.454 e. The first-order valence-corrected chi connectivity index (χ1v) is 9.05. The molecule has 5 nitrogen and oxygen atoms in total. The van der Waals surface area contributed by atoms with Crippen molar-refractivity contribution in [3.63, 3.8) is 0 Å². The van der Waals surface area contributed by atoms with Gasteiger partial charge in [0.05, 0.1) is 10.1 Å². The summed E-state index contributed by atoms with van der Waals surface area (Å²) in [5.41, 5.74) is 6.92. The third kappa shape index (κ3) is 2.38. The Bertz CT molecular complexity index is 866. The molecule has 3 unspecified atom stereocenters. The third-order valence-electron chi connectivity index (χ3n) is 4.29. The van der Waals surface area contributed by atoms with Crippen molar-refractivity contribution in [3.05, 3.63) is 53.1 Å². The standard InChI is InChI=1S/C16H14ClNO4S/c17-10-2-4-11(5-3-10)23(19,20)16-14(15(16)18)9-1-6-12-13(7-9)22-8-21-12/h1-7,14-16H,8,18H2. The summed E-state index contributed by atoms with van der Waals surface area (Å²) in [7, 11) is -3.50. The number of ether oxygens (including phenoxy) is 2. The highest BCUT2D eigenvalue weighted by Crippen LogP contribution is 2.49. The normalized spacial score (nSPS) is 25.4. The minimum absolute atomic E-state index is 0.183. The second-order valence-corrected chi connectivity index (χ2v) is 8.22. The van der Waals surface area contributed by atoms with Gasteiger partial charge in [-0.05, 0) is 42.0 Å². The number of hydrogen-bond acceptors (Lipinski definition) is 5. The Morgan fingerprint density at radius 2 is 1.74 bits per heavy atom. The third-order valence-corrected chi connectivity index (χ3v) is 6.79. The van der Waals surface area contributed by atoms with Crippen molar-refractivity contribution in [2.24, 2.45) is 5.73 Å². The van der Waals surface area contributed by atoms with Crippen LogP contribution < -0.4 is 15.2 Å². The summed E-state index contributed by atoms with van der Waals surface area (Å²) in [5.74, 6) is 1.05. The number of halogens is 1. The Balaban J connectivity index is 1.65. The molecule has 3 atom stereocenters. The van der Waals surface area contributed by atoms with E-state index in [2.05, 4.69) is 0 Å². The second-order valence-electron chi connectivity index (χ2n) is 5.68. The van der Waals surface area contributed by atoms with Gasteiger partial charge in [-0.1, -0.05) is 17.7 Å². The molecule has 2 aromatic rings. The average Bonchev–Trinajstić information content (AvgIpc) is 3.01. The SMILES string of the molecule is NC1C(c2ccc3c(c2)OCO3)C1S(=O)(=O)c1ccc(Cl)cc1. The Kier molecular flexibility index (Phi) is 3.30. The fourth-order valence-electron chi connectivity index (χ4n) is 3.02. The van der Waals surface area contributed by atoms with Crippen molar-refractivity contribution in [2.45, 2.75) is 22.1 Å². The van der Waals surface area contributed by atoms with E-state index in [0.29, 0.717) is 16.5 Å². The summed E-state index contributed by atoms with van der Waals surface area (Å²) in [6, 6.07) is 11.2. The highest BCUT2D eigenvalue weighted by Gasteiger charge is 2.57. The van der Waals surface area contributed by atoms with Gasteiger partial charge in [-0.2, -0.15) is 0 Å². The molecule has 7 heteroatoms. The van der Waals surface area contributed by atoms with E-state index < -0.39 is 21.1 Å². The monoisotopic (exact) mass is 351 g/mol. The van der Waals surface area contributed by atoms with Crippen molar-refractivity contribution < 1.29 is 17.9 Å². The van der Waals surface area contributed by atoms with E-state index >= 15 is 0 Å². The van der Waals surface area contributed by atoms with E-state index in [9.17, 15) is 8.42 Å². The number of fused-ring (bicyclic) bond motifs is 1. The number of benzene rings is 2. The van der Waals surface area contributed by atoms with Gasteiger partial charge < -0.3 is 15.2 Å². The van der Waals surface area contributed by atoms with Crippen molar-refractivity contribution in [2.75, 3.05) is 6.79 Å². The minimum atomic E-state index is -3.50. The molecule has 2 aliphatic rings. The quantitative estimate of drug-likeness (QED) is 0.918. The summed E-state index contributed by atoms with van der Waals surface area (Å²) in [4.78, 5) is 0.241. The fourth-order valence-corrected chi connectivity index (χ4v) is 5.19. The summed E-state index contributed by atoms with van der Waals surface area (Å²) < 4.78 is 36.1. The summed E-state index contributed by atoms with van der Waals surface area (Å²) in [6.45, 7) is 0.183. The van der Waals surface area contributed by atoms with E-state index in [4.69, 9.17) is 26.8 Å². The van der Waals surface area contributed by atoms with Crippen LogP contribution in [0.4, 0.5) is 0 Å². The maximum Gasteiger partial charge on any atom is 0.231 e. The molecular formula is C16H14ClNO4S. The largest absolute Gasteiger partial charge is 0.454 e. The van der Waals surface area contributed by atoms with Crippen LogP contribution in [0.25, 0.3) is 0 Å². The van der Waals surface area contributed by atoms with Crippen LogP contribution in [0.3, 0.4) is 0 Å². The maximum atomic E-state index is 12.8. The van der Waals surface area contributed by atoms with Crippen LogP contribution in [0.5, 0.6) is 11.5 Å². The van der Waals surface area contributed by atoms with Crippen LogP contribution >= 0.6 is 11.6 Å². The number of rotatable bonds is 3. The predicted molar refractivity (Wildman–Crippen MR) is 85.7 cm³/mol. The molecule has 0 spiro atoms. The van der Waals surface area contributed by atoms with Crippen LogP contribution in [0.1, 0.15) is 11.5 Å². The Morgan fingerprint density at radius 1 is 1.04 bits per heavy atom. The molecule has 1 aliphatic heterocycles. The van der Waals surface area contributed by atoms with Crippen molar-refractivity contribution in [3.8, 4) is 11.5 Å². The first kappa shape index (κ1) is 14.8. The zero-order valence-electron chi connectivity index (χ0n) is 12.0. The van der Waals surface area contributed by atoms with Crippen LogP contribution in [0.15, 0.2) is 47.4 Å². The molecule has 23 heavy (non-hydrogen) atoms. The molecule has 2 aromatic carbocycles. The van der Waals surface area contributed by atoms with E-state index in [1.54, 1.807) is 18.2 Å². The topological polar surface area (TPSA) is 78.6 Å². The number of nitrogens with two attached hydrogens (primary N) is 1. The van der Waals surface area contributed by atoms with Gasteiger partial charge in [0, 0.05) is 17.0 Å². The highest BCUT2D eigenvalue weighted by atomic mass is 35.5. The number of hydrogen-bond donors (Lipinski definition) is 1. The molecule has 1 fully saturated rings. The summed E-state index contributed by atoms with van der Waals surface area (Å²) in [6.07, 6.45) is 0. The van der Waals surface area contributed by atoms with Gasteiger partial charge >= 0.3 is 0 Å². The molecule has 0 bridgehead atoms. The first-order valence-electron chi connectivity index (χ1n) is 7.13. The molecule has 4 rings (SSSR count). The Labute approximate surface area is 138 Å². The van der Waals surface area contributed by atoms with Gasteiger partial charge in [-0.25, -0.2) is 8.42 Å². The average molecular weight is 352 g/mol. The van der Waals surface area contributed by atoms with Crippen LogP contribution in [0, 0.1) is 0 Å². The van der Waals surface area contributed by atoms with Gasteiger partial charge in [-0.15, -0.1) is 0 Å². The Hall–Kier alpha value is -1.76. The molecule has 0 aromatic heterocycles. The number of sulfone groups is 1. The lowest BCUT2D eigenvalue weighted by Gasteiger charge is -2.05. The Morgan fingerprint density at radius 3 is 2.48 bits per heavy atom. The molecule has 0 amide bonds.